The first-order valence-corrected chi connectivity index (χ1v) is 9.70. The minimum absolute atomic E-state index is 0.157. The number of piperazine rings is 1. The molecule has 3 heterocycles. The second kappa shape index (κ2) is 6.74. The molecule has 0 aromatic carbocycles. The van der Waals surface area contributed by atoms with E-state index in [-0.39, 0.29) is 17.0 Å². The van der Waals surface area contributed by atoms with E-state index in [1.165, 1.54) is 12.5 Å². The Morgan fingerprint density at radius 1 is 1.16 bits per heavy atom. The number of aromatic nitrogens is 2. The zero-order chi connectivity index (χ0) is 17.4. The fraction of sp³-hybridized carbons (Fsp3) is 0.588. The molecule has 0 spiro atoms. The first-order chi connectivity index (χ1) is 12.1. The van der Waals surface area contributed by atoms with Gasteiger partial charge in [0.25, 0.3) is 0 Å². The van der Waals surface area contributed by atoms with Gasteiger partial charge in [0.15, 0.2) is 5.13 Å². The lowest BCUT2D eigenvalue weighted by molar-refractivity contribution is -0.136. The van der Waals surface area contributed by atoms with Crippen LogP contribution in [-0.4, -0.2) is 47.0 Å². The number of halogens is 1. The summed E-state index contributed by atoms with van der Waals surface area (Å²) in [6, 6.07) is 1.47. The molecule has 25 heavy (non-hydrogen) atoms. The van der Waals surface area contributed by atoms with Crippen molar-refractivity contribution in [1.29, 1.82) is 0 Å². The highest BCUT2D eigenvalue weighted by Crippen LogP contribution is 2.32. The van der Waals surface area contributed by atoms with Gasteiger partial charge in [0.05, 0.1) is 5.39 Å². The molecule has 2 aromatic heterocycles. The molecule has 0 radical (unpaired) electrons. The van der Waals surface area contributed by atoms with Gasteiger partial charge in [-0.15, -0.1) is 0 Å². The van der Waals surface area contributed by atoms with Crippen molar-refractivity contribution < 1.29 is 9.18 Å². The zero-order valence-electron chi connectivity index (χ0n) is 14.1. The number of carbonyl (C=O) groups excluding carboxylic acids is 1. The molecule has 1 aliphatic heterocycles. The Labute approximate surface area is 149 Å². The van der Waals surface area contributed by atoms with Crippen molar-refractivity contribution in [2.24, 2.45) is 5.92 Å². The molecule has 1 aliphatic carbocycles. The van der Waals surface area contributed by atoms with Gasteiger partial charge in [0, 0.05) is 32.1 Å². The van der Waals surface area contributed by atoms with Crippen LogP contribution in [0, 0.1) is 11.0 Å². The number of rotatable bonds is 2. The van der Waals surface area contributed by atoms with Crippen LogP contribution in [0.25, 0.3) is 10.2 Å². The molecule has 1 amide bonds. The van der Waals surface area contributed by atoms with Gasteiger partial charge in [-0.1, -0.05) is 30.6 Å². The van der Waals surface area contributed by atoms with Crippen molar-refractivity contribution >= 4 is 39.2 Å². The van der Waals surface area contributed by atoms with Crippen LogP contribution in [0.4, 0.5) is 16.2 Å². The van der Waals surface area contributed by atoms with Crippen LogP contribution in [0.2, 0.25) is 0 Å². The smallest absolute Gasteiger partial charge is 0.225 e. The SMILES string of the molecule is Nc1nc(N2CCN(C(=O)C3CCCCC3)CC2)c2cc(F)sc2n1. The first kappa shape index (κ1) is 16.5. The Morgan fingerprint density at radius 2 is 1.88 bits per heavy atom. The van der Waals surface area contributed by atoms with Crippen molar-refractivity contribution in [3.63, 3.8) is 0 Å². The van der Waals surface area contributed by atoms with E-state index in [0.717, 1.165) is 37.0 Å². The predicted molar refractivity (Wildman–Crippen MR) is 97.2 cm³/mol. The normalized spacial score (nSPS) is 19.6. The summed E-state index contributed by atoms with van der Waals surface area (Å²) in [7, 11) is 0. The summed E-state index contributed by atoms with van der Waals surface area (Å²) in [5.74, 6) is 1.33. The van der Waals surface area contributed by atoms with Crippen LogP contribution < -0.4 is 10.6 Å². The van der Waals surface area contributed by atoms with Gasteiger partial charge < -0.3 is 15.5 Å². The van der Waals surface area contributed by atoms with Crippen LogP contribution in [0.15, 0.2) is 6.07 Å². The fourth-order valence-corrected chi connectivity index (χ4v) is 4.64. The molecule has 6 nitrogen and oxygen atoms in total. The maximum absolute atomic E-state index is 13.6. The topological polar surface area (TPSA) is 75.3 Å². The lowest BCUT2D eigenvalue weighted by Crippen LogP contribution is -2.50. The summed E-state index contributed by atoms with van der Waals surface area (Å²) in [5.41, 5.74) is 5.78. The van der Waals surface area contributed by atoms with E-state index in [2.05, 4.69) is 14.9 Å². The number of hydrogen-bond acceptors (Lipinski definition) is 6. The first-order valence-electron chi connectivity index (χ1n) is 8.88. The second-order valence-corrected chi connectivity index (χ2v) is 7.80. The highest BCUT2D eigenvalue weighted by molar-refractivity contribution is 7.17. The zero-order valence-corrected chi connectivity index (χ0v) is 14.9. The highest BCUT2D eigenvalue weighted by atomic mass is 32.1. The van der Waals surface area contributed by atoms with E-state index in [1.54, 1.807) is 0 Å². The van der Waals surface area contributed by atoms with Gasteiger partial charge >= 0.3 is 0 Å². The van der Waals surface area contributed by atoms with Crippen LogP contribution in [0.1, 0.15) is 32.1 Å². The van der Waals surface area contributed by atoms with Crippen molar-refractivity contribution in [3.05, 3.63) is 11.2 Å². The molecule has 8 heteroatoms. The molecule has 2 fully saturated rings. The summed E-state index contributed by atoms with van der Waals surface area (Å²) in [6.45, 7) is 2.71. The average molecular weight is 363 g/mol. The van der Waals surface area contributed by atoms with Gasteiger partial charge in [-0.05, 0) is 18.9 Å². The Kier molecular flexibility index (Phi) is 4.45. The minimum atomic E-state index is -0.290. The molecule has 0 atom stereocenters. The molecule has 134 valence electrons. The fourth-order valence-electron chi connectivity index (χ4n) is 3.88. The minimum Gasteiger partial charge on any atom is -0.368 e. The standard InChI is InChI=1S/C17H22FN5OS/c18-13-10-12-14(20-17(19)21-15(12)25-13)22-6-8-23(9-7-22)16(24)11-4-2-1-3-5-11/h10-11H,1-9H2,(H2,19,20,21). The van der Waals surface area contributed by atoms with Crippen molar-refractivity contribution in [3.8, 4) is 0 Å². The Hall–Kier alpha value is -1.96. The summed E-state index contributed by atoms with van der Waals surface area (Å²) < 4.78 is 13.6. The van der Waals surface area contributed by atoms with E-state index < -0.39 is 0 Å². The molecule has 1 saturated carbocycles. The number of hydrogen-bond donors (Lipinski definition) is 1. The number of fused-ring (bicyclic) bond motifs is 1. The van der Waals surface area contributed by atoms with Gasteiger partial charge in [-0.2, -0.15) is 9.37 Å². The predicted octanol–water partition coefficient (Wildman–Crippen LogP) is 2.64. The van der Waals surface area contributed by atoms with Crippen molar-refractivity contribution in [2.45, 2.75) is 32.1 Å². The molecule has 4 rings (SSSR count). The summed E-state index contributed by atoms with van der Waals surface area (Å²) in [4.78, 5) is 25.7. The number of carbonyl (C=O) groups is 1. The largest absolute Gasteiger partial charge is 0.368 e. The maximum atomic E-state index is 13.6. The Bertz CT molecular complexity index is 781. The molecule has 2 N–H and O–H groups in total. The number of nitrogen functional groups attached to an aromatic ring is 1. The second-order valence-electron chi connectivity index (χ2n) is 6.82. The van der Waals surface area contributed by atoms with Gasteiger partial charge in [-0.25, -0.2) is 4.98 Å². The van der Waals surface area contributed by atoms with Crippen molar-refractivity contribution in [2.75, 3.05) is 36.8 Å². The molecule has 1 saturated heterocycles. The monoisotopic (exact) mass is 363 g/mol. The summed E-state index contributed by atoms with van der Waals surface area (Å²) in [5, 5.41) is 0.408. The van der Waals surface area contributed by atoms with Crippen LogP contribution >= 0.6 is 11.3 Å². The number of anilines is 2. The van der Waals surface area contributed by atoms with E-state index in [1.807, 2.05) is 4.90 Å². The maximum Gasteiger partial charge on any atom is 0.225 e. The van der Waals surface area contributed by atoms with E-state index in [9.17, 15) is 9.18 Å². The number of nitrogens with zero attached hydrogens (tertiary/aromatic N) is 4. The third-order valence-electron chi connectivity index (χ3n) is 5.21. The Balaban J connectivity index is 1.48. The van der Waals surface area contributed by atoms with E-state index >= 15 is 0 Å². The molecule has 2 aromatic rings. The number of nitrogens with two attached hydrogens (primary N) is 1. The van der Waals surface area contributed by atoms with Gasteiger partial charge in [0.1, 0.15) is 10.6 Å². The highest BCUT2D eigenvalue weighted by Gasteiger charge is 2.29. The third kappa shape index (κ3) is 3.27. The lowest BCUT2D eigenvalue weighted by atomic mass is 9.88. The van der Waals surface area contributed by atoms with E-state index in [0.29, 0.717) is 48.1 Å². The third-order valence-corrected chi connectivity index (χ3v) is 6.02. The lowest BCUT2D eigenvalue weighted by Gasteiger charge is -2.37. The molecule has 2 aliphatic rings. The molecular formula is C17H22FN5OS. The molecule has 0 bridgehead atoms. The quantitative estimate of drug-likeness (QED) is 0.888. The van der Waals surface area contributed by atoms with Crippen LogP contribution in [-0.2, 0) is 4.79 Å². The van der Waals surface area contributed by atoms with E-state index in [4.69, 9.17) is 5.73 Å². The Morgan fingerprint density at radius 3 is 2.60 bits per heavy atom. The van der Waals surface area contributed by atoms with Gasteiger partial charge in [0.2, 0.25) is 11.9 Å². The van der Waals surface area contributed by atoms with Crippen molar-refractivity contribution in [1.82, 2.24) is 14.9 Å². The summed E-state index contributed by atoms with van der Waals surface area (Å²) in [6.07, 6.45) is 5.63. The molecular weight excluding hydrogens is 341 g/mol. The summed E-state index contributed by atoms with van der Waals surface area (Å²) >= 11 is 0.980. The molecule has 0 unspecified atom stereocenters. The van der Waals surface area contributed by atoms with Gasteiger partial charge in [-0.3, -0.25) is 4.79 Å². The average Bonchev–Trinajstić information content (AvgIpc) is 3.01. The number of thiophene rings is 1. The number of amides is 1. The van der Waals surface area contributed by atoms with Crippen LogP contribution in [0.5, 0.6) is 0 Å². The van der Waals surface area contributed by atoms with Crippen LogP contribution in [0.3, 0.4) is 0 Å².